The quantitative estimate of drug-likeness (QED) is 0.426. The van der Waals surface area contributed by atoms with E-state index in [1.807, 2.05) is 18.2 Å². The summed E-state index contributed by atoms with van der Waals surface area (Å²) in [6, 6.07) is 5.45. The minimum atomic E-state index is 0.545. The fourth-order valence-electron chi connectivity index (χ4n) is 0.857. The molecular formula is C10H9Cl3S. The Morgan fingerprint density at radius 1 is 1.21 bits per heavy atom. The lowest BCUT2D eigenvalue weighted by atomic mass is 10.4. The van der Waals surface area contributed by atoms with Crippen LogP contribution in [-0.2, 0) is 0 Å². The van der Waals surface area contributed by atoms with Gasteiger partial charge in [-0.25, -0.2) is 0 Å². The normalized spacial score (nSPS) is 11.1. The van der Waals surface area contributed by atoms with Crippen LogP contribution in [0.2, 0.25) is 10.0 Å². The summed E-state index contributed by atoms with van der Waals surface area (Å²) in [5.41, 5.74) is 0. The SMILES string of the molecule is ClCC=CCSc1cc(Cl)ccc1Cl. The number of alkyl halides is 1. The van der Waals surface area contributed by atoms with Crippen molar-refractivity contribution in [3.8, 4) is 0 Å². The van der Waals surface area contributed by atoms with Crippen LogP contribution in [0.1, 0.15) is 0 Å². The van der Waals surface area contributed by atoms with Gasteiger partial charge in [-0.1, -0.05) is 35.4 Å². The van der Waals surface area contributed by atoms with E-state index in [2.05, 4.69) is 0 Å². The summed E-state index contributed by atoms with van der Waals surface area (Å²) in [7, 11) is 0. The van der Waals surface area contributed by atoms with E-state index >= 15 is 0 Å². The van der Waals surface area contributed by atoms with Crippen molar-refractivity contribution in [2.45, 2.75) is 4.90 Å². The van der Waals surface area contributed by atoms with Crippen LogP contribution in [0.25, 0.3) is 0 Å². The van der Waals surface area contributed by atoms with E-state index in [0.717, 1.165) is 15.7 Å². The largest absolute Gasteiger partial charge is 0.122 e. The highest BCUT2D eigenvalue weighted by Crippen LogP contribution is 2.29. The van der Waals surface area contributed by atoms with Gasteiger partial charge in [0, 0.05) is 21.6 Å². The van der Waals surface area contributed by atoms with Gasteiger partial charge in [-0.2, -0.15) is 0 Å². The number of benzene rings is 1. The Hall–Kier alpha value is 0.180. The van der Waals surface area contributed by atoms with Crippen molar-refractivity contribution in [3.63, 3.8) is 0 Å². The highest BCUT2D eigenvalue weighted by molar-refractivity contribution is 7.99. The maximum atomic E-state index is 5.98. The lowest BCUT2D eigenvalue weighted by molar-refractivity contribution is 1.46. The molecule has 0 bridgehead atoms. The van der Waals surface area contributed by atoms with E-state index < -0.39 is 0 Å². The topological polar surface area (TPSA) is 0 Å². The molecule has 0 heterocycles. The first-order chi connectivity index (χ1) is 6.74. The average Bonchev–Trinajstić information content (AvgIpc) is 2.18. The van der Waals surface area contributed by atoms with E-state index in [-0.39, 0.29) is 0 Å². The molecule has 76 valence electrons. The van der Waals surface area contributed by atoms with Crippen molar-refractivity contribution in [1.29, 1.82) is 0 Å². The van der Waals surface area contributed by atoms with Crippen LogP contribution in [0, 0.1) is 0 Å². The van der Waals surface area contributed by atoms with Gasteiger partial charge in [-0.15, -0.1) is 23.4 Å². The second-order valence-electron chi connectivity index (χ2n) is 2.51. The Kier molecular flexibility index (Phi) is 5.80. The van der Waals surface area contributed by atoms with Crippen LogP contribution in [0.3, 0.4) is 0 Å². The van der Waals surface area contributed by atoms with Crippen LogP contribution in [-0.4, -0.2) is 11.6 Å². The average molecular weight is 268 g/mol. The molecule has 0 N–H and O–H groups in total. The molecule has 4 heteroatoms. The molecule has 0 aromatic heterocycles. The minimum Gasteiger partial charge on any atom is -0.122 e. The third-order valence-corrected chi connectivity index (χ3v) is 3.35. The van der Waals surface area contributed by atoms with Crippen molar-refractivity contribution < 1.29 is 0 Å². The molecule has 0 fully saturated rings. The van der Waals surface area contributed by atoms with Crippen molar-refractivity contribution in [3.05, 3.63) is 40.4 Å². The molecular weight excluding hydrogens is 259 g/mol. The number of hydrogen-bond donors (Lipinski definition) is 0. The van der Waals surface area contributed by atoms with E-state index in [9.17, 15) is 0 Å². The molecule has 0 spiro atoms. The summed E-state index contributed by atoms with van der Waals surface area (Å²) in [5.74, 6) is 1.40. The molecule has 0 radical (unpaired) electrons. The first kappa shape index (κ1) is 12.3. The fourth-order valence-corrected chi connectivity index (χ4v) is 2.33. The molecule has 1 rings (SSSR count). The molecule has 0 unspecified atom stereocenters. The van der Waals surface area contributed by atoms with Crippen molar-refractivity contribution in [2.24, 2.45) is 0 Å². The molecule has 0 saturated heterocycles. The van der Waals surface area contributed by atoms with Gasteiger partial charge in [-0.3, -0.25) is 0 Å². The van der Waals surface area contributed by atoms with E-state index in [0.29, 0.717) is 10.9 Å². The van der Waals surface area contributed by atoms with Gasteiger partial charge in [0.05, 0.1) is 5.02 Å². The monoisotopic (exact) mass is 266 g/mol. The van der Waals surface area contributed by atoms with E-state index in [1.54, 1.807) is 23.9 Å². The number of hydrogen-bond acceptors (Lipinski definition) is 1. The second kappa shape index (κ2) is 6.62. The number of rotatable bonds is 4. The summed E-state index contributed by atoms with van der Waals surface area (Å²) in [5, 5.41) is 1.44. The zero-order chi connectivity index (χ0) is 10.4. The highest BCUT2D eigenvalue weighted by atomic mass is 35.5. The lowest BCUT2D eigenvalue weighted by Gasteiger charge is -2.01. The first-order valence-electron chi connectivity index (χ1n) is 4.03. The number of allylic oxidation sites excluding steroid dienone is 1. The summed E-state index contributed by atoms with van der Waals surface area (Å²) in [6.45, 7) is 0. The predicted molar refractivity (Wildman–Crippen MR) is 67.0 cm³/mol. The van der Waals surface area contributed by atoms with Crippen molar-refractivity contribution in [2.75, 3.05) is 11.6 Å². The minimum absolute atomic E-state index is 0.545. The van der Waals surface area contributed by atoms with Crippen molar-refractivity contribution >= 4 is 46.6 Å². The third kappa shape index (κ3) is 4.14. The second-order valence-corrected chi connectivity index (χ2v) is 4.73. The summed E-state index contributed by atoms with van der Waals surface area (Å²) >= 11 is 19.0. The standard InChI is InChI=1S/C10H9Cl3S/c11-5-1-2-6-14-10-7-8(12)3-4-9(10)13/h1-4,7H,5-6H2. The molecule has 0 aliphatic heterocycles. The van der Waals surface area contributed by atoms with Crippen LogP contribution < -0.4 is 0 Å². The smallest absolute Gasteiger partial charge is 0.0543 e. The van der Waals surface area contributed by atoms with E-state index in [4.69, 9.17) is 34.8 Å². The predicted octanol–water partition coefficient (Wildman–Crippen LogP) is 4.88. The summed E-state index contributed by atoms with van der Waals surface area (Å²) < 4.78 is 0. The van der Waals surface area contributed by atoms with Crippen LogP contribution >= 0.6 is 46.6 Å². The van der Waals surface area contributed by atoms with Gasteiger partial charge in [0.15, 0.2) is 0 Å². The van der Waals surface area contributed by atoms with E-state index in [1.165, 1.54) is 0 Å². The maximum absolute atomic E-state index is 5.98. The third-order valence-electron chi connectivity index (χ3n) is 1.48. The summed E-state index contributed by atoms with van der Waals surface area (Å²) in [6.07, 6.45) is 3.92. The summed E-state index contributed by atoms with van der Waals surface area (Å²) in [4.78, 5) is 0.999. The Labute approximate surface area is 103 Å². The molecule has 0 atom stereocenters. The zero-order valence-electron chi connectivity index (χ0n) is 7.34. The first-order valence-corrected chi connectivity index (χ1v) is 6.30. The molecule has 0 amide bonds. The Morgan fingerprint density at radius 2 is 2.00 bits per heavy atom. The molecule has 1 aromatic rings. The molecule has 0 aliphatic carbocycles. The van der Waals surface area contributed by atoms with Crippen molar-refractivity contribution in [1.82, 2.24) is 0 Å². The molecule has 0 nitrogen and oxygen atoms in total. The number of halogens is 3. The molecule has 0 saturated carbocycles. The van der Waals surface area contributed by atoms with Gasteiger partial charge in [0.2, 0.25) is 0 Å². The molecule has 14 heavy (non-hydrogen) atoms. The lowest BCUT2D eigenvalue weighted by Crippen LogP contribution is -1.77. The van der Waals surface area contributed by atoms with Gasteiger partial charge in [0.25, 0.3) is 0 Å². The van der Waals surface area contributed by atoms with Gasteiger partial charge in [-0.05, 0) is 18.2 Å². The highest BCUT2D eigenvalue weighted by Gasteiger charge is 2.00. The van der Waals surface area contributed by atoms with Gasteiger partial charge >= 0.3 is 0 Å². The zero-order valence-corrected chi connectivity index (χ0v) is 10.4. The Morgan fingerprint density at radius 3 is 2.71 bits per heavy atom. The fraction of sp³-hybridized carbons (Fsp3) is 0.200. The van der Waals surface area contributed by atoms with Crippen LogP contribution in [0.15, 0.2) is 35.2 Å². The molecule has 1 aromatic carbocycles. The van der Waals surface area contributed by atoms with Gasteiger partial charge < -0.3 is 0 Å². The van der Waals surface area contributed by atoms with Crippen LogP contribution in [0.5, 0.6) is 0 Å². The van der Waals surface area contributed by atoms with Gasteiger partial charge in [0.1, 0.15) is 0 Å². The van der Waals surface area contributed by atoms with Crippen LogP contribution in [0.4, 0.5) is 0 Å². The Balaban J connectivity index is 2.57. The Bertz CT molecular complexity index is 323. The number of thioether (sulfide) groups is 1. The maximum Gasteiger partial charge on any atom is 0.0543 e. The molecule has 0 aliphatic rings.